The van der Waals surface area contributed by atoms with Gasteiger partial charge in [-0.25, -0.2) is 9.78 Å². The fourth-order valence-electron chi connectivity index (χ4n) is 3.51. The van der Waals surface area contributed by atoms with Crippen LogP contribution in [0, 0.1) is 5.41 Å². The second-order valence-electron chi connectivity index (χ2n) is 8.36. The van der Waals surface area contributed by atoms with E-state index in [0.717, 1.165) is 5.56 Å². The third-order valence-corrected chi connectivity index (χ3v) is 5.46. The number of hydrogen-bond acceptors (Lipinski definition) is 4. The lowest BCUT2D eigenvalue weighted by Crippen LogP contribution is -2.53. The molecular formula is C20H29N3O4. The molecule has 1 aromatic heterocycles. The third-order valence-electron chi connectivity index (χ3n) is 5.46. The quantitative estimate of drug-likeness (QED) is 0.797. The van der Waals surface area contributed by atoms with Crippen LogP contribution in [0.25, 0.3) is 0 Å². The highest BCUT2D eigenvalue weighted by atomic mass is 16.5. The van der Waals surface area contributed by atoms with Crippen LogP contribution in [-0.2, 0) is 4.79 Å². The molecular weight excluding hydrogens is 346 g/mol. The van der Waals surface area contributed by atoms with Crippen molar-refractivity contribution in [1.29, 1.82) is 0 Å². The van der Waals surface area contributed by atoms with E-state index in [1.165, 1.54) is 17.7 Å². The molecule has 2 heterocycles. The number of rotatable bonds is 6. The van der Waals surface area contributed by atoms with Gasteiger partial charge < -0.3 is 20.1 Å². The topological polar surface area (TPSA) is 91.8 Å². The molecule has 148 valence electrons. The molecule has 1 saturated heterocycles. The number of amides is 2. The summed E-state index contributed by atoms with van der Waals surface area (Å²) in [5, 5.41) is 12.2. The average Bonchev–Trinajstić information content (AvgIpc) is 3.45. The number of nitrogens with zero attached hydrogens (tertiary/aromatic N) is 2. The van der Waals surface area contributed by atoms with Crippen molar-refractivity contribution in [3.8, 4) is 5.88 Å². The van der Waals surface area contributed by atoms with Gasteiger partial charge in [-0.3, -0.25) is 4.79 Å². The van der Waals surface area contributed by atoms with E-state index >= 15 is 0 Å². The van der Waals surface area contributed by atoms with E-state index in [9.17, 15) is 9.59 Å². The largest absolute Gasteiger partial charge is 0.476 e. The van der Waals surface area contributed by atoms with E-state index < -0.39 is 11.5 Å². The van der Waals surface area contributed by atoms with Crippen molar-refractivity contribution in [2.24, 2.45) is 5.41 Å². The molecule has 2 atom stereocenters. The van der Waals surface area contributed by atoms with Crippen molar-refractivity contribution in [3.05, 3.63) is 23.9 Å². The molecule has 7 heteroatoms. The minimum Gasteiger partial charge on any atom is -0.476 e. The number of ether oxygens (including phenoxy) is 1. The zero-order chi connectivity index (χ0) is 19.6. The number of carbonyl (C=O) groups is 2. The van der Waals surface area contributed by atoms with Gasteiger partial charge in [-0.05, 0) is 58.4 Å². The third kappa shape index (κ3) is 4.70. The summed E-state index contributed by atoms with van der Waals surface area (Å²) in [7, 11) is 0. The number of hydrogen-bond donors (Lipinski definition) is 2. The van der Waals surface area contributed by atoms with Crippen LogP contribution in [0.5, 0.6) is 5.88 Å². The van der Waals surface area contributed by atoms with E-state index in [-0.39, 0.29) is 24.6 Å². The number of pyridine rings is 1. The SMILES string of the molecule is C[C@@H]1C[C@H](NC(=O)C(C)(C)COc2ncccc2C2CC2)CCN1C(=O)O. The molecule has 2 fully saturated rings. The summed E-state index contributed by atoms with van der Waals surface area (Å²) < 4.78 is 5.93. The normalized spacial score (nSPS) is 23.0. The Labute approximate surface area is 160 Å². The van der Waals surface area contributed by atoms with E-state index in [1.54, 1.807) is 6.20 Å². The zero-order valence-electron chi connectivity index (χ0n) is 16.3. The Morgan fingerprint density at radius 3 is 2.74 bits per heavy atom. The first-order valence-corrected chi connectivity index (χ1v) is 9.66. The van der Waals surface area contributed by atoms with Crippen molar-refractivity contribution >= 4 is 12.0 Å². The summed E-state index contributed by atoms with van der Waals surface area (Å²) in [5.41, 5.74) is 0.425. The first-order valence-electron chi connectivity index (χ1n) is 9.66. The van der Waals surface area contributed by atoms with Gasteiger partial charge in [-0.2, -0.15) is 0 Å². The maximum atomic E-state index is 12.8. The number of carbonyl (C=O) groups excluding carboxylic acids is 1. The molecule has 1 aliphatic heterocycles. The molecule has 1 saturated carbocycles. The lowest BCUT2D eigenvalue weighted by molar-refractivity contribution is -0.132. The van der Waals surface area contributed by atoms with Crippen LogP contribution in [0.3, 0.4) is 0 Å². The minimum absolute atomic E-state index is 0.0146. The van der Waals surface area contributed by atoms with Crippen LogP contribution < -0.4 is 10.1 Å². The van der Waals surface area contributed by atoms with Gasteiger partial charge in [-0.15, -0.1) is 0 Å². The molecule has 1 aliphatic carbocycles. The Morgan fingerprint density at radius 1 is 1.37 bits per heavy atom. The number of piperidine rings is 1. The average molecular weight is 375 g/mol. The predicted octanol–water partition coefficient (Wildman–Crippen LogP) is 3.01. The summed E-state index contributed by atoms with van der Waals surface area (Å²) in [6.07, 6.45) is 4.40. The Balaban J connectivity index is 1.54. The predicted molar refractivity (Wildman–Crippen MR) is 101 cm³/mol. The molecule has 0 bridgehead atoms. The minimum atomic E-state index is -0.900. The maximum absolute atomic E-state index is 12.8. The highest BCUT2D eigenvalue weighted by molar-refractivity contribution is 5.82. The molecule has 2 aliphatic rings. The van der Waals surface area contributed by atoms with Gasteiger partial charge in [0.2, 0.25) is 11.8 Å². The smallest absolute Gasteiger partial charge is 0.407 e. The van der Waals surface area contributed by atoms with Gasteiger partial charge in [0.1, 0.15) is 6.61 Å². The molecule has 3 rings (SSSR count). The molecule has 2 N–H and O–H groups in total. The van der Waals surface area contributed by atoms with Gasteiger partial charge in [-0.1, -0.05) is 6.07 Å². The van der Waals surface area contributed by atoms with Crippen LogP contribution in [0.4, 0.5) is 4.79 Å². The van der Waals surface area contributed by atoms with Crippen LogP contribution in [0.2, 0.25) is 0 Å². The highest BCUT2D eigenvalue weighted by Crippen LogP contribution is 2.43. The van der Waals surface area contributed by atoms with Crippen molar-refractivity contribution < 1.29 is 19.4 Å². The number of aromatic nitrogens is 1. The standard InChI is InChI=1S/C20H29N3O4/c1-13-11-15(8-10-23(13)19(25)26)22-18(24)20(2,3)12-27-17-16(14-6-7-14)5-4-9-21-17/h4-5,9,13-15H,6-8,10-12H2,1-3H3,(H,22,24)(H,25,26)/t13-,15-/m1/s1. The molecule has 0 radical (unpaired) electrons. The molecule has 27 heavy (non-hydrogen) atoms. The summed E-state index contributed by atoms with van der Waals surface area (Å²) in [6, 6.07) is 3.85. The van der Waals surface area contributed by atoms with Gasteiger partial charge >= 0.3 is 6.09 Å². The van der Waals surface area contributed by atoms with Gasteiger partial charge in [0.25, 0.3) is 0 Å². The monoisotopic (exact) mass is 375 g/mol. The summed E-state index contributed by atoms with van der Waals surface area (Å²) in [5.74, 6) is 1.09. The molecule has 1 aromatic rings. The number of carboxylic acid groups (broad SMARTS) is 1. The van der Waals surface area contributed by atoms with Gasteiger partial charge in [0.05, 0.1) is 5.41 Å². The summed E-state index contributed by atoms with van der Waals surface area (Å²) in [6.45, 7) is 6.28. The first kappa shape index (κ1) is 19.5. The lowest BCUT2D eigenvalue weighted by atomic mass is 9.91. The number of likely N-dealkylation sites (tertiary alicyclic amines) is 1. The Bertz CT molecular complexity index is 702. The van der Waals surface area contributed by atoms with Crippen molar-refractivity contribution in [2.75, 3.05) is 13.2 Å². The van der Waals surface area contributed by atoms with Crippen LogP contribution in [-0.4, -0.2) is 52.2 Å². The first-order chi connectivity index (χ1) is 12.8. The van der Waals surface area contributed by atoms with Crippen LogP contribution in [0.15, 0.2) is 18.3 Å². The van der Waals surface area contributed by atoms with Crippen LogP contribution in [0.1, 0.15) is 57.9 Å². The van der Waals surface area contributed by atoms with Crippen LogP contribution >= 0.6 is 0 Å². The summed E-state index contributed by atoms with van der Waals surface area (Å²) in [4.78, 5) is 29.7. The Hall–Kier alpha value is -2.31. The molecule has 7 nitrogen and oxygen atoms in total. The van der Waals surface area contributed by atoms with Gasteiger partial charge in [0.15, 0.2) is 0 Å². The van der Waals surface area contributed by atoms with Gasteiger partial charge in [0, 0.05) is 30.4 Å². The fraction of sp³-hybridized carbons (Fsp3) is 0.650. The van der Waals surface area contributed by atoms with Crippen molar-refractivity contribution in [2.45, 2.75) is 64.5 Å². The number of nitrogens with one attached hydrogen (secondary N) is 1. The molecule has 2 amide bonds. The lowest BCUT2D eigenvalue weighted by Gasteiger charge is -2.37. The van der Waals surface area contributed by atoms with E-state index in [1.807, 2.05) is 32.9 Å². The second-order valence-corrected chi connectivity index (χ2v) is 8.36. The van der Waals surface area contributed by atoms with E-state index in [4.69, 9.17) is 9.84 Å². The van der Waals surface area contributed by atoms with Crippen molar-refractivity contribution in [3.63, 3.8) is 0 Å². The second kappa shape index (κ2) is 7.74. The van der Waals surface area contributed by atoms with E-state index in [2.05, 4.69) is 10.3 Å². The zero-order valence-corrected chi connectivity index (χ0v) is 16.3. The fourth-order valence-corrected chi connectivity index (χ4v) is 3.51. The summed E-state index contributed by atoms with van der Waals surface area (Å²) >= 11 is 0. The molecule has 0 spiro atoms. The van der Waals surface area contributed by atoms with E-state index in [0.29, 0.717) is 31.2 Å². The Kier molecular flexibility index (Phi) is 5.58. The molecule has 0 unspecified atom stereocenters. The van der Waals surface area contributed by atoms with Crippen molar-refractivity contribution in [1.82, 2.24) is 15.2 Å². The maximum Gasteiger partial charge on any atom is 0.407 e. The highest BCUT2D eigenvalue weighted by Gasteiger charge is 2.35. The Morgan fingerprint density at radius 2 is 2.11 bits per heavy atom. The molecule has 0 aromatic carbocycles.